The van der Waals surface area contributed by atoms with Gasteiger partial charge in [0.15, 0.2) is 0 Å². The van der Waals surface area contributed by atoms with Gasteiger partial charge in [-0.15, -0.1) is 0 Å². The minimum atomic E-state index is 0.134. The van der Waals surface area contributed by atoms with E-state index in [0.717, 1.165) is 0 Å². The Morgan fingerprint density at radius 3 is 2.43 bits per heavy atom. The van der Waals surface area contributed by atoms with Crippen LogP contribution in [-0.4, -0.2) is 18.0 Å². The lowest BCUT2D eigenvalue weighted by molar-refractivity contribution is -0.127. The van der Waals surface area contributed by atoms with E-state index in [1.807, 2.05) is 0 Å². The molecule has 0 aliphatic heterocycles. The van der Waals surface area contributed by atoms with Gasteiger partial charge in [0.1, 0.15) is 0 Å². The quantitative estimate of drug-likeness (QED) is 0.677. The average molecular weight is 194 g/mol. The van der Waals surface area contributed by atoms with Crippen molar-refractivity contribution in [3.8, 4) is 0 Å². The largest absolute Gasteiger partial charge is 0.353 e. The van der Waals surface area contributed by atoms with Gasteiger partial charge in [-0.25, -0.2) is 0 Å². The predicted molar refractivity (Wildman–Crippen MR) is 53.5 cm³/mol. The molecule has 0 radical (unpaired) electrons. The molecule has 3 aliphatic rings. The van der Waals surface area contributed by atoms with Gasteiger partial charge in [-0.1, -0.05) is 0 Å². The zero-order chi connectivity index (χ0) is 9.71. The number of hydrogen-bond acceptors (Lipinski definition) is 2. The lowest BCUT2D eigenvalue weighted by Crippen LogP contribution is -2.45. The molecule has 14 heavy (non-hydrogen) atoms. The third-order valence-corrected chi connectivity index (χ3v) is 4.21. The Morgan fingerprint density at radius 1 is 1.14 bits per heavy atom. The molecule has 3 nitrogen and oxygen atoms in total. The van der Waals surface area contributed by atoms with Crippen molar-refractivity contribution in [2.24, 2.45) is 23.5 Å². The Hall–Kier alpha value is -0.570. The number of carbonyl (C=O) groups is 1. The standard InChI is InChI=1S/C11H18N2O/c12-10-7-2-1-6(5-7)9(10)11(14)13-8-3-4-8/h6-10H,1-5,12H2,(H,13,14). The van der Waals surface area contributed by atoms with Gasteiger partial charge in [-0.05, 0) is 43.9 Å². The van der Waals surface area contributed by atoms with Crippen LogP contribution in [0.2, 0.25) is 0 Å². The fourth-order valence-electron chi connectivity index (χ4n) is 3.25. The van der Waals surface area contributed by atoms with E-state index in [1.165, 1.54) is 32.1 Å². The molecule has 0 aromatic heterocycles. The van der Waals surface area contributed by atoms with Crippen LogP contribution < -0.4 is 11.1 Å². The monoisotopic (exact) mass is 194 g/mol. The van der Waals surface area contributed by atoms with Gasteiger partial charge in [0, 0.05) is 12.1 Å². The SMILES string of the molecule is NC1C2CCC(C2)C1C(=O)NC1CC1. The molecule has 4 atom stereocenters. The van der Waals surface area contributed by atoms with E-state index in [2.05, 4.69) is 5.32 Å². The summed E-state index contributed by atoms with van der Waals surface area (Å²) in [7, 11) is 0. The Kier molecular flexibility index (Phi) is 1.84. The molecular weight excluding hydrogens is 176 g/mol. The molecule has 3 aliphatic carbocycles. The molecule has 0 aromatic rings. The molecule has 78 valence electrons. The molecule has 0 saturated heterocycles. The predicted octanol–water partition coefficient (Wildman–Crippen LogP) is 0.638. The van der Waals surface area contributed by atoms with Gasteiger partial charge < -0.3 is 11.1 Å². The van der Waals surface area contributed by atoms with E-state index in [9.17, 15) is 4.79 Å². The second-order valence-corrected chi connectivity index (χ2v) is 5.22. The van der Waals surface area contributed by atoms with Crippen LogP contribution in [0, 0.1) is 17.8 Å². The van der Waals surface area contributed by atoms with Gasteiger partial charge >= 0.3 is 0 Å². The Labute approximate surface area is 84.4 Å². The molecule has 3 fully saturated rings. The summed E-state index contributed by atoms with van der Waals surface area (Å²) >= 11 is 0. The molecule has 3 rings (SSSR count). The van der Waals surface area contributed by atoms with Crippen LogP contribution in [0.4, 0.5) is 0 Å². The molecule has 0 heterocycles. The van der Waals surface area contributed by atoms with Crippen molar-refractivity contribution in [2.45, 2.75) is 44.2 Å². The first-order valence-corrected chi connectivity index (χ1v) is 5.81. The molecule has 2 bridgehead atoms. The first-order valence-electron chi connectivity index (χ1n) is 5.81. The van der Waals surface area contributed by atoms with Crippen LogP contribution in [0.3, 0.4) is 0 Å². The fraction of sp³-hybridized carbons (Fsp3) is 0.909. The zero-order valence-electron chi connectivity index (χ0n) is 8.41. The third kappa shape index (κ3) is 1.26. The van der Waals surface area contributed by atoms with Crippen molar-refractivity contribution in [1.82, 2.24) is 5.32 Å². The number of nitrogens with two attached hydrogens (primary N) is 1. The molecule has 3 heteroatoms. The van der Waals surface area contributed by atoms with E-state index < -0.39 is 0 Å². The third-order valence-electron chi connectivity index (χ3n) is 4.21. The van der Waals surface area contributed by atoms with Crippen molar-refractivity contribution in [3.63, 3.8) is 0 Å². The maximum Gasteiger partial charge on any atom is 0.225 e. The molecular formula is C11H18N2O. The highest BCUT2D eigenvalue weighted by Gasteiger charge is 2.49. The first kappa shape index (κ1) is 8.72. The highest BCUT2D eigenvalue weighted by atomic mass is 16.2. The van der Waals surface area contributed by atoms with Crippen LogP contribution in [0.25, 0.3) is 0 Å². The number of fused-ring (bicyclic) bond motifs is 2. The minimum absolute atomic E-state index is 0.134. The molecule has 0 spiro atoms. The number of nitrogens with one attached hydrogen (secondary N) is 1. The van der Waals surface area contributed by atoms with Crippen LogP contribution in [0.1, 0.15) is 32.1 Å². The van der Waals surface area contributed by atoms with Crippen LogP contribution >= 0.6 is 0 Å². The van der Waals surface area contributed by atoms with Crippen molar-refractivity contribution in [3.05, 3.63) is 0 Å². The summed E-state index contributed by atoms with van der Waals surface area (Å²) in [5.41, 5.74) is 6.10. The Balaban J connectivity index is 1.68. The van der Waals surface area contributed by atoms with Crippen molar-refractivity contribution in [2.75, 3.05) is 0 Å². The Bertz CT molecular complexity index is 260. The minimum Gasteiger partial charge on any atom is -0.353 e. The first-order chi connectivity index (χ1) is 6.75. The molecule has 3 saturated carbocycles. The maximum atomic E-state index is 11.9. The zero-order valence-corrected chi connectivity index (χ0v) is 8.41. The topological polar surface area (TPSA) is 55.1 Å². The normalized spacial score (nSPS) is 45.5. The smallest absolute Gasteiger partial charge is 0.225 e. The lowest BCUT2D eigenvalue weighted by atomic mass is 9.84. The van der Waals surface area contributed by atoms with Gasteiger partial charge in [-0.3, -0.25) is 4.79 Å². The van der Waals surface area contributed by atoms with Crippen molar-refractivity contribution in [1.29, 1.82) is 0 Å². The van der Waals surface area contributed by atoms with Crippen LogP contribution in [-0.2, 0) is 4.79 Å². The second-order valence-electron chi connectivity index (χ2n) is 5.22. The Morgan fingerprint density at radius 2 is 1.86 bits per heavy atom. The van der Waals surface area contributed by atoms with Gasteiger partial charge in [0.05, 0.1) is 5.92 Å². The molecule has 4 unspecified atom stereocenters. The highest BCUT2D eigenvalue weighted by Crippen LogP contribution is 2.47. The van der Waals surface area contributed by atoms with Crippen LogP contribution in [0.5, 0.6) is 0 Å². The number of amides is 1. The summed E-state index contributed by atoms with van der Waals surface area (Å²) in [5.74, 6) is 1.60. The second kappa shape index (κ2) is 2.96. The van der Waals surface area contributed by atoms with E-state index in [0.29, 0.717) is 17.9 Å². The van der Waals surface area contributed by atoms with E-state index in [4.69, 9.17) is 5.73 Å². The summed E-state index contributed by atoms with van der Waals surface area (Å²) in [6, 6.07) is 0.626. The number of rotatable bonds is 2. The maximum absolute atomic E-state index is 11.9. The van der Waals surface area contributed by atoms with Crippen molar-refractivity contribution >= 4 is 5.91 Å². The van der Waals surface area contributed by atoms with Gasteiger partial charge in [-0.2, -0.15) is 0 Å². The molecule has 1 amide bonds. The summed E-state index contributed by atoms with van der Waals surface area (Å²) in [5, 5.41) is 3.09. The molecule has 0 aromatic carbocycles. The fourth-order valence-corrected chi connectivity index (χ4v) is 3.25. The summed E-state index contributed by atoms with van der Waals surface area (Å²) in [4.78, 5) is 11.9. The summed E-state index contributed by atoms with van der Waals surface area (Å²) < 4.78 is 0. The van der Waals surface area contributed by atoms with E-state index >= 15 is 0 Å². The number of hydrogen-bond donors (Lipinski definition) is 2. The number of carbonyl (C=O) groups excluding carboxylic acids is 1. The van der Waals surface area contributed by atoms with Gasteiger partial charge in [0.25, 0.3) is 0 Å². The lowest BCUT2D eigenvalue weighted by Gasteiger charge is -2.26. The highest BCUT2D eigenvalue weighted by molar-refractivity contribution is 5.81. The summed E-state index contributed by atoms with van der Waals surface area (Å²) in [6.45, 7) is 0. The van der Waals surface area contributed by atoms with E-state index in [-0.39, 0.29) is 17.9 Å². The average Bonchev–Trinajstić information content (AvgIpc) is 2.76. The molecule has 3 N–H and O–H groups in total. The van der Waals surface area contributed by atoms with Crippen molar-refractivity contribution < 1.29 is 4.79 Å². The summed E-state index contributed by atoms with van der Waals surface area (Å²) in [6.07, 6.45) is 6.01. The van der Waals surface area contributed by atoms with Gasteiger partial charge in [0.2, 0.25) is 5.91 Å². The van der Waals surface area contributed by atoms with E-state index in [1.54, 1.807) is 0 Å². The van der Waals surface area contributed by atoms with Crippen LogP contribution in [0.15, 0.2) is 0 Å².